The molecule has 0 saturated carbocycles. The number of aryl methyl sites for hydroxylation is 3. The highest BCUT2D eigenvalue weighted by Gasteiger charge is 2.05. The predicted octanol–water partition coefficient (Wildman–Crippen LogP) is 3.19. The van der Waals surface area contributed by atoms with Gasteiger partial charge in [-0.3, -0.25) is 4.79 Å². The van der Waals surface area contributed by atoms with Crippen LogP contribution in [-0.4, -0.2) is 22.2 Å². The lowest BCUT2D eigenvalue weighted by atomic mass is 10.1. The molecule has 0 spiro atoms. The summed E-state index contributed by atoms with van der Waals surface area (Å²) in [5.74, 6) is 0.611. The summed E-state index contributed by atoms with van der Waals surface area (Å²) < 4.78 is 1.94. The molecule has 2 rings (SSSR count). The molecule has 4 heteroatoms. The molecule has 2 aromatic rings. The zero-order chi connectivity index (χ0) is 16.1. The third-order valence-corrected chi connectivity index (χ3v) is 3.54. The fourth-order valence-electron chi connectivity index (χ4n) is 2.36. The lowest BCUT2D eigenvalue weighted by Gasteiger charge is -2.08. The van der Waals surface area contributed by atoms with E-state index in [2.05, 4.69) is 54.6 Å². The van der Waals surface area contributed by atoms with Gasteiger partial charge in [-0.25, -0.2) is 4.68 Å². The Kier molecular flexibility index (Phi) is 5.36. The molecule has 0 unspecified atom stereocenters. The first-order valence-corrected chi connectivity index (χ1v) is 7.85. The van der Waals surface area contributed by atoms with Gasteiger partial charge in [0.25, 0.3) is 0 Å². The van der Waals surface area contributed by atoms with Gasteiger partial charge in [0.1, 0.15) is 0 Å². The SMILES string of the molecule is Cc1cc(C)n(-c2ccc(CCC(=O)NCC(C)C)cc2)n1. The zero-order valence-corrected chi connectivity index (χ0v) is 13.9. The van der Waals surface area contributed by atoms with E-state index in [1.54, 1.807) is 0 Å². The fourth-order valence-corrected chi connectivity index (χ4v) is 2.36. The van der Waals surface area contributed by atoms with E-state index in [0.717, 1.165) is 30.0 Å². The number of hydrogen-bond acceptors (Lipinski definition) is 2. The average Bonchev–Trinajstić information content (AvgIpc) is 2.82. The monoisotopic (exact) mass is 299 g/mol. The quantitative estimate of drug-likeness (QED) is 0.890. The second kappa shape index (κ2) is 7.25. The van der Waals surface area contributed by atoms with Gasteiger partial charge in [0, 0.05) is 18.7 Å². The van der Waals surface area contributed by atoms with Crippen LogP contribution in [0.4, 0.5) is 0 Å². The summed E-state index contributed by atoms with van der Waals surface area (Å²) in [6.45, 7) is 8.98. The second-order valence-electron chi connectivity index (χ2n) is 6.20. The molecule has 0 bridgehead atoms. The minimum Gasteiger partial charge on any atom is -0.356 e. The third-order valence-electron chi connectivity index (χ3n) is 3.54. The summed E-state index contributed by atoms with van der Waals surface area (Å²) in [5.41, 5.74) is 4.37. The van der Waals surface area contributed by atoms with Crippen molar-refractivity contribution in [1.29, 1.82) is 0 Å². The van der Waals surface area contributed by atoms with Crippen molar-refractivity contribution in [2.24, 2.45) is 5.92 Å². The molecule has 0 atom stereocenters. The molecule has 4 nitrogen and oxygen atoms in total. The van der Waals surface area contributed by atoms with Gasteiger partial charge in [-0.1, -0.05) is 26.0 Å². The Bertz CT molecular complexity index is 626. The highest BCUT2D eigenvalue weighted by atomic mass is 16.1. The highest BCUT2D eigenvalue weighted by Crippen LogP contribution is 2.14. The topological polar surface area (TPSA) is 46.9 Å². The molecule has 0 aliphatic carbocycles. The summed E-state index contributed by atoms with van der Waals surface area (Å²) in [5, 5.41) is 7.42. The van der Waals surface area contributed by atoms with E-state index in [-0.39, 0.29) is 5.91 Å². The van der Waals surface area contributed by atoms with Gasteiger partial charge in [0.2, 0.25) is 5.91 Å². The number of aromatic nitrogens is 2. The molecular formula is C18H25N3O. The van der Waals surface area contributed by atoms with E-state index in [9.17, 15) is 4.79 Å². The van der Waals surface area contributed by atoms with Crippen molar-refractivity contribution in [2.45, 2.75) is 40.5 Å². The Hall–Kier alpha value is -2.10. The fraction of sp³-hybridized carbons (Fsp3) is 0.444. The second-order valence-corrected chi connectivity index (χ2v) is 6.20. The highest BCUT2D eigenvalue weighted by molar-refractivity contribution is 5.76. The van der Waals surface area contributed by atoms with Gasteiger partial charge in [0.15, 0.2) is 0 Å². The first-order valence-electron chi connectivity index (χ1n) is 7.85. The van der Waals surface area contributed by atoms with Crippen molar-refractivity contribution >= 4 is 5.91 Å². The molecule has 1 heterocycles. The molecule has 0 aliphatic rings. The average molecular weight is 299 g/mol. The maximum Gasteiger partial charge on any atom is 0.220 e. The summed E-state index contributed by atoms with van der Waals surface area (Å²) in [6.07, 6.45) is 1.30. The van der Waals surface area contributed by atoms with Crippen LogP contribution in [0, 0.1) is 19.8 Å². The Morgan fingerprint density at radius 3 is 2.45 bits per heavy atom. The number of carbonyl (C=O) groups is 1. The molecule has 0 saturated heterocycles. The number of carbonyl (C=O) groups excluding carboxylic acids is 1. The lowest BCUT2D eigenvalue weighted by Crippen LogP contribution is -2.27. The molecule has 0 radical (unpaired) electrons. The van der Waals surface area contributed by atoms with Gasteiger partial charge in [0.05, 0.1) is 11.4 Å². The first kappa shape index (κ1) is 16.3. The maximum absolute atomic E-state index is 11.7. The lowest BCUT2D eigenvalue weighted by molar-refractivity contribution is -0.121. The van der Waals surface area contributed by atoms with Gasteiger partial charge >= 0.3 is 0 Å². The van der Waals surface area contributed by atoms with Crippen LogP contribution in [0.25, 0.3) is 5.69 Å². The Morgan fingerprint density at radius 2 is 1.91 bits per heavy atom. The molecule has 118 valence electrons. The van der Waals surface area contributed by atoms with Crippen molar-refractivity contribution in [1.82, 2.24) is 15.1 Å². The van der Waals surface area contributed by atoms with E-state index in [1.165, 1.54) is 5.56 Å². The van der Waals surface area contributed by atoms with E-state index in [1.807, 2.05) is 18.5 Å². The van der Waals surface area contributed by atoms with Crippen molar-refractivity contribution in [3.63, 3.8) is 0 Å². The molecule has 1 aromatic heterocycles. The normalized spacial score (nSPS) is 11.0. The summed E-state index contributed by atoms with van der Waals surface area (Å²) in [7, 11) is 0. The zero-order valence-electron chi connectivity index (χ0n) is 13.9. The van der Waals surface area contributed by atoms with Gasteiger partial charge in [-0.15, -0.1) is 0 Å². The minimum atomic E-state index is 0.122. The third kappa shape index (κ3) is 4.45. The van der Waals surface area contributed by atoms with Crippen LogP contribution >= 0.6 is 0 Å². The van der Waals surface area contributed by atoms with Crippen molar-refractivity contribution in [3.05, 3.63) is 47.3 Å². The van der Waals surface area contributed by atoms with Crippen LogP contribution in [0.1, 0.15) is 37.2 Å². The summed E-state index contributed by atoms with van der Waals surface area (Å²) in [6, 6.07) is 10.3. The molecule has 1 amide bonds. The predicted molar refractivity (Wildman–Crippen MR) is 89.2 cm³/mol. The molecule has 1 aromatic carbocycles. The van der Waals surface area contributed by atoms with E-state index >= 15 is 0 Å². The van der Waals surface area contributed by atoms with Crippen molar-refractivity contribution in [2.75, 3.05) is 6.54 Å². The van der Waals surface area contributed by atoms with Crippen LogP contribution in [-0.2, 0) is 11.2 Å². The molecule has 22 heavy (non-hydrogen) atoms. The molecule has 0 fully saturated rings. The van der Waals surface area contributed by atoms with E-state index in [4.69, 9.17) is 0 Å². The smallest absolute Gasteiger partial charge is 0.220 e. The van der Waals surface area contributed by atoms with Crippen LogP contribution < -0.4 is 5.32 Å². The Morgan fingerprint density at radius 1 is 1.23 bits per heavy atom. The van der Waals surface area contributed by atoms with Gasteiger partial charge < -0.3 is 5.32 Å². The van der Waals surface area contributed by atoms with Gasteiger partial charge in [-0.2, -0.15) is 5.10 Å². The Labute approximate surface area is 132 Å². The number of nitrogens with zero attached hydrogens (tertiary/aromatic N) is 2. The van der Waals surface area contributed by atoms with Gasteiger partial charge in [-0.05, 0) is 49.9 Å². The summed E-state index contributed by atoms with van der Waals surface area (Å²) >= 11 is 0. The van der Waals surface area contributed by atoms with E-state index < -0.39 is 0 Å². The molecule has 1 N–H and O–H groups in total. The number of amides is 1. The number of rotatable bonds is 6. The largest absolute Gasteiger partial charge is 0.356 e. The van der Waals surface area contributed by atoms with Crippen molar-refractivity contribution in [3.8, 4) is 5.69 Å². The number of nitrogens with one attached hydrogen (secondary N) is 1. The molecular weight excluding hydrogens is 274 g/mol. The minimum absolute atomic E-state index is 0.122. The molecule has 0 aliphatic heterocycles. The maximum atomic E-state index is 11.7. The summed E-state index contributed by atoms with van der Waals surface area (Å²) in [4.78, 5) is 11.7. The van der Waals surface area contributed by atoms with Crippen LogP contribution in [0.5, 0.6) is 0 Å². The van der Waals surface area contributed by atoms with Crippen LogP contribution in [0.3, 0.4) is 0 Å². The van der Waals surface area contributed by atoms with E-state index in [0.29, 0.717) is 12.3 Å². The number of hydrogen-bond donors (Lipinski definition) is 1. The first-order chi connectivity index (χ1) is 10.5. The van der Waals surface area contributed by atoms with Crippen LogP contribution in [0.15, 0.2) is 30.3 Å². The van der Waals surface area contributed by atoms with Crippen LogP contribution in [0.2, 0.25) is 0 Å². The standard InChI is InChI=1S/C18H25N3O/c1-13(2)12-19-18(22)10-7-16-5-8-17(9-6-16)21-15(4)11-14(3)20-21/h5-6,8-9,11,13H,7,10,12H2,1-4H3,(H,19,22). The Balaban J connectivity index is 1.92. The van der Waals surface area contributed by atoms with Crippen molar-refractivity contribution < 1.29 is 4.79 Å². The number of benzene rings is 1.